The Morgan fingerprint density at radius 1 is 0.789 bits per heavy atom. The number of aromatic nitrogens is 1. The number of hydrogen-bond acceptors (Lipinski definition) is 3. The first kappa shape index (κ1) is 27.3. The smallest absolute Gasteiger partial charge is 0.380 e. The molecule has 0 saturated carbocycles. The van der Waals surface area contributed by atoms with Crippen LogP contribution < -0.4 is 10.6 Å². The highest BCUT2D eigenvalue weighted by Gasteiger charge is 2.28. The molecule has 3 nitrogen and oxygen atoms in total. The van der Waals surface area contributed by atoms with Gasteiger partial charge in [-0.1, -0.05) is 91.0 Å². The van der Waals surface area contributed by atoms with Crippen molar-refractivity contribution in [2.75, 3.05) is 5.32 Å². The lowest BCUT2D eigenvalue weighted by Gasteiger charge is -2.19. The minimum absolute atomic E-state index is 0.145. The first-order valence-corrected chi connectivity index (χ1v) is 12.4. The topological polar surface area (TPSA) is 37.0 Å². The van der Waals surface area contributed by atoms with E-state index in [-0.39, 0.29) is 12.1 Å². The van der Waals surface area contributed by atoms with Crippen molar-refractivity contribution in [3.63, 3.8) is 0 Å². The van der Waals surface area contributed by atoms with Crippen molar-refractivity contribution in [1.82, 2.24) is 10.3 Å². The van der Waals surface area contributed by atoms with Crippen molar-refractivity contribution in [2.45, 2.75) is 19.1 Å². The predicted octanol–water partition coefficient (Wildman–Crippen LogP) is 9.00. The molecule has 4 rings (SSSR count). The Labute approximate surface area is 229 Å². The monoisotopic (exact) mass is 553 g/mol. The average molecular weight is 554 g/mol. The second-order valence-corrected chi connectivity index (χ2v) is 9.49. The van der Waals surface area contributed by atoms with Gasteiger partial charge in [0, 0.05) is 33.4 Å². The van der Waals surface area contributed by atoms with Crippen molar-refractivity contribution < 1.29 is 13.2 Å². The van der Waals surface area contributed by atoms with Crippen molar-refractivity contribution >= 4 is 40.3 Å². The summed E-state index contributed by atoms with van der Waals surface area (Å²) >= 11 is 12.3. The summed E-state index contributed by atoms with van der Waals surface area (Å²) in [4.78, 5) is 4.82. The normalized spacial score (nSPS) is 11.2. The Morgan fingerprint density at radius 3 is 2.08 bits per heavy atom. The van der Waals surface area contributed by atoms with Crippen molar-refractivity contribution in [3.8, 4) is 11.3 Å². The number of halogens is 5. The quantitative estimate of drug-likeness (QED) is 0.217. The second kappa shape index (κ2) is 11.8. The van der Waals surface area contributed by atoms with Crippen LogP contribution in [-0.4, -0.2) is 11.2 Å². The molecule has 0 radical (unpaired) electrons. The van der Waals surface area contributed by atoms with E-state index in [1.165, 1.54) is 6.07 Å². The molecule has 2 N–H and O–H groups in total. The van der Waals surface area contributed by atoms with Crippen LogP contribution in [-0.2, 0) is 13.0 Å². The summed E-state index contributed by atoms with van der Waals surface area (Å²) in [5.74, 6) is 0. The minimum atomic E-state index is -4.31. The van der Waals surface area contributed by atoms with E-state index in [9.17, 15) is 13.2 Å². The maximum absolute atomic E-state index is 13.1. The van der Waals surface area contributed by atoms with Gasteiger partial charge in [-0.2, -0.15) is 13.2 Å². The van der Waals surface area contributed by atoms with E-state index in [2.05, 4.69) is 23.8 Å². The number of nitrogens with one attached hydrogen (secondary N) is 2. The van der Waals surface area contributed by atoms with Crippen LogP contribution in [0.3, 0.4) is 0 Å². The molecule has 194 valence electrons. The summed E-state index contributed by atoms with van der Waals surface area (Å²) < 4.78 is 39.2. The molecule has 0 fully saturated rings. The molecule has 0 saturated heterocycles. The first-order chi connectivity index (χ1) is 18.1. The summed E-state index contributed by atoms with van der Waals surface area (Å²) in [6.45, 7) is 8.40. The number of pyridine rings is 1. The first-order valence-electron chi connectivity index (χ1n) is 11.6. The fourth-order valence-corrected chi connectivity index (χ4v) is 4.45. The Hall–Kier alpha value is -3.74. The van der Waals surface area contributed by atoms with E-state index in [1.807, 2.05) is 42.5 Å². The van der Waals surface area contributed by atoms with Gasteiger partial charge in [0.25, 0.3) is 0 Å². The van der Waals surface area contributed by atoms with Gasteiger partial charge in [0.1, 0.15) is 5.69 Å². The third-order valence-corrected chi connectivity index (χ3v) is 6.19. The lowest BCUT2D eigenvalue weighted by molar-refractivity contribution is -0.127. The number of nitrogens with zero attached hydrogens (tertiary/aromatic N) is 1. The third-order valence-electron chi connectivity index (χ3n) is 5.75. The second-order valence-electron chi connectivity index (χ2n) is 8.61. The molecule has 0 aliphatic rings. The van der Waals surface area contributed by atoms with Crippen molar-refractivity contribution in [1.29, 1.82) is 0 Å². The molecule has 0 amide bonds. The van der Waals surface area contributed by atoms with Crippen molar-refractivity contribution in [3.05, 3.63) is 131 Å². The van der Waals surface area contributed by atoms with Gasteiger partial charge < -0.3 is 10.6 Å². The Balaban J connectivity index is 1.63. The summed E-state index contributed by atoms with van der Waals surface area (Å²) in [6, 6.07) is 24.9. The zero-order valence-electron chi connectivity index (χ0n) is 20.2. The van der Waals surface area contributed by atoms with Gasteiger partial charge in [-0.3, -0.25) is 0 Å². The molecular weight excluding hydrogens is 530 g/mol. The lowest BCUT2D eigenvalue weighted by atomic mass is 10.0. The van der Waals surface area contributed by atoms with E-state index in [0.717, 1.165) is 5.56 Å². The fraction of sp³-hybridized carbons (Fsp3) is 0.100. The molecule has 8 heteroatoms. The summed E-state index contributed by atoms with van der Waals surface area (Å²) in [5, 5.41) is 7.35. The van der Waals surface area contributed by atoms with Gasteiger partial charge in [0.05, 0.1) is 23.5 Å². The van der Waals surface area contributed by atoms with Crippen molar-refractivity contribution in [2.24, 2.45) is 0 Å². The van der Waals surface area contributed by atoms with Crippen LogP contribution in [0.5, 0.6) is 0 Å². The molecular formula is C30H24Cl2F3N3. The van der Waals surface area contributed by atoms with Crippen LogP contribution >= 0.6 is 23.2 Å². The highest BCUT2D eigenvalue weighted by molar-refractivity contribution is 6.34. The van der Waals surface area contributed by atoms with E-state index in [4.69, 9.17) is 28.2 Å². The number of anilines is 1. The number of alkyl halides is 3. The molecule has 0 atom stereocenters. The van der Waals surface area contributed by atoms with Gasteiger partial charge in [0.15, 0.2) is 0 Å². The summed E-state index contributed by atoms with van der Waals surface area (Å²) in [5.41, 5.74) is 5.11. The molecule has 1 aromatic heterocycles. The highest BCUT2D eigenvalue weighted by Crippen LogP contribution is 2.30. The van der Waals surface area contributed by atoms with Gasteiger partial charge in [0.2, 0.25) is 0 Å². The van der Waals surface area contributed by atoms with Crippen LogP contribution in [0.15, 0.2) is 98.1 Å². The third kappa shape index (κ3) is 7.18. The minimum Gasteiger partial charge on any atom is -0.380 e. The number of hydrogen-bond donors (Lipinski definition) is 2. The predicted molar refractivity (Wildman–Crippen MR) is 151 cm³/mol. The molecule has 0 aliphatic heterocycles. The molecule has 38 heavy (non-hydrogen) atoms. The van der Waals surface area contributed by atoms with Gasteiger partial charge >= 0.3 is 6.18 Å². The molecule has 0 bridgehead atoms. The molecule has 0 aliphatic carbocycles. The van der Waals surface area contributed by atoms with Crippen LogP contribution in [0.2, 0.25) is 10.0 Å². The standard InChI is InChI=1S/C30H24Cl2F3N3/c1-19(24-14-25(31)16-26(32)15-24)37-28-13-12-27(21-8-4-3-5-9-21)38-29(28)20(2)36-18-23-11-7-6-10-22(23)17-30(33,34)35/h3-16,36-37H,1-2,17-18H2. The van der Waals surface area contributed by atoms with E-state index < -0.39 is 12.6 Å². The van der Waals surface area contributed by atoms with E-state index in [0.29, 0.717) is 49.6 Å². The van der Waals surface area contributed by atoms with E-state index in [1.54, 1.807) is 36.4 Å². The highest BCUT2D eigenvalue weighted by atomic mass is 35.5. The fourth-order valence-electron chi connectivity index (χ4n) is 3.93. The summed E-state index contributed by atoms with van der Waals surface area (Å²) in [7, 11) is 0. The molecule has 0 spiro atoms. The molecule has 0 unspecified atom stereocenters. The average Bonchev–Trinajstić information content (AvgIpc) is 2.87. The van der Waals surface area contributed by atoms with Crippen LogP contribution in [0.4, 0.5) is 18.9 Å². The SMILES string of the molecule is C=C(Nc1ccc(-c2ccccc2)nc1C(=C)NCc1ccccc1CC(F)(F)F)c1cc(Cl)cc(Cl)c1. The maximum Gasteiger partial charge on any atom is 0.393 e. The zero-order valence-corrected chi connectivity index (χ0v) is 21.8. The van der Waals surface area contributed by atoms with Crippen LogP contribution in [0, 0.1) is 0 Å². The molecule has 4 aromatic rings. The largest absolute Gasteiger partial charge is 0.393 e. The lowest BCUT2D eigenvalue weighted by Crippen LogP contribution is -2.18. The molecule has 3 aromatic carbocycles. The Morgan fingerprint density at radius 2 is 1.42 bits per heavy atom. The molecule has 1 heterocycles. The number of rotatable bonds is 9. The van der Waals surface area contributed by atoms with E-state index >= 15 is 0 Å². The van der Waals surface area contributed by atoms with Crippen LogP contribution in [0.25, 0.3) is 22.7 Å². The zero-order chi connectivity index (χ0) is 27.3. The van der Waals surface area contributed by atoms with Gasteiger partial charge in [-0.25, -0.2) is 4.98 Å². The number of benzene rings is 3. The Bertz CT molecular complexity index is 1450. The van der Waals surface area contributed by atoms with Crippen LogP contribution in [0.1, 0.15) is 22.4 Å². The van der Waals surface area contributed by atoms with Gasteiger partial charge in [-0.05, 0) is 41.5 Å². The maximum atomic E-state index is 13.1. The Kier molecular flexibility index (Phi) is 8.45. The summed E-state index contributed by atoms with van der Waals surface area (Å²) in [6.07, 6.45) is -5.31. The van der Waals surface area contributed by atoms with Gasteiger partial charge in [-0.15, -0.1) is 0 Å².